The lowest BCUT2D eigenvalue weighted by atomic mass is 10.1. The van der Waals surface area contributed by atoms with Crippen LogP contribution in [0.1, 0.15) is 58.3 Å². The van der Waals surface area contributed by atoms with Gasteiger partial charge in [0.1, 0.15) is 17.2 Å². The summed E-state index contributed by atoms with van der Waals surface area (Å²) in [6.45, 7) is 8.50. The monoisotopic (exact) mass is 571 g/mol. The van der Waals surface area contributed by atoms with Gasteiger partial charge in [0, 0.05) is 46.0 Å². The number of aromatic nitrogens is 2. The zero-order chi connectivity index (χ0) is 29.4. The van der Waals surface area contributed by atoms with Gasteiger partial charge in [-0.05, 0) is 49.6 Å². The lowest BCUT2D eigenvalue weighted by molar-refractivity contribution is 0.0782. The molecule has 0 aliphatic carbocycles. The van der Waals surface area contributed by atoms with Crippen molar-refractivity contribution in [3.8, 4) is 5.75 Å². The fraction of sp³-hybridized carbons (Fsp3) is 0.429. The molecule has 0 spiro atoms. The largest absolute Gasteiger partial charge is 0.497 e. The van der Waals surface area contributed by atoms with Gasteiger partial charge in [0.15, 0.2) is 5.89 Å². The van der Waals surface area contributed by atoms with Crippen LogP contribution in [0, 0.1) is 19.8 Å². The highest BCUT2D eigenvalue weighted by Gasteiger charge is 2.25. The fourth-order valence-electron chi connectivity index (χ4n) is 4.09. The smallest absolute Gasteiger partial charge is 0.255 e. The molecule has 2 amide bonds. The predicted molar refractivity (Wildman–Crippen MR) is 150 cm³/mol. The van der Waals surface area contributed by atoms with Crippen LogP contribution in [0.2, 0.25) is 0 Å². The first-order chi connectivity index (χ1) is 18.9. The number of pyridine rings is 1. The number of hydrogen-bond donors (Lipinski definition) is 1. The van der Waals surface area contributed by atoms with Crippen molar-refractivity contribution in [2.45, 2.75) is 45.6 Å². The number of rotatable bonds is 13. The summed E-state index contributed by atoms with van der Waals surface area (Å²) in [7, 11) is -0.557. The molecule has 0 saturated heterocycles. The summed E-state index contributed by atoms with van der Waals surface area (Å²) in [5.41, 5.74) is 1.16. The van der Waals surface area contributed by atoms with E-state index in [1.807, 2.05) is 13.8 Å². The molecule has 40 heavy (non-hydrogen) atoms. The summed E-state index contributed by atoms with van der Waals surface area (Å²) < 4.78 is 38.5. The van der Waals surface area contributed by atoms with Gasteiger partial charge < -0.3 is 19.4 Å². The molecule has 0 unspecified atom stereocenters. The molecule has 0 aliphatic heterocycles. The van der Waals surface area contributed by atoms with Crippen LogP contribution in [0.25, 0.3) is 0 Å². The van der Waals surface area contributed by atoms with E-state index in [4.69, 9.17) is 9.15 Å². The summed E-state index contributed by atoms with van der Waals surface area (Å²) in [5, 5.41) is 2.80. The van der Waals surface area contributed by atoms with E-state index in [1.54, 1.807) is 33.0 Å². The quantitative estimate of drug-likeness (QED) is 0.308. The molecule has 0 fully saturated rings. The maximum atomic E-state index is 13.3. The van der Waals surface area contributed by atoms with Crippen molar-refractivity contribution in [3.63, 3.8) is 0 Å². The number of oxazole rings is 1. The number of aryl methyl sites for hydroxylation is 2. The number of ether oxygens (including phenoxy) is 1. The predicted octanol–water partition coefficient (Wildman–Crippen LogP) is 3.43. The van der Waals surface area contributed by atoms with Gasteiger partial charge in [0.25, 0.3) is 11.8 Å². The summed E-state index contributed by atoms with van der Waals surface area (Å²) in [5.74, 6) is 1.15. The van der Waals surface area contributed by atoms with Crippen LogP contribution in [0.5, 0.6) is 5.75 Å². The van der Waals surface area contributed by atoms with Crippen molar-refractivity contribution in [1.82, 2.24) is 24.5 Å². The molecule has 2 aromatic heterocycles. The number of nitrogens with one attached hydrogen (secondary N) is 1. The number of sulfonamides is 1. The first kappa shape index (κ1) is 30.8. The first-order valence-electron chi connectivity index (χ1n) is 13.0. The highest BCUT2D eigenvalue weighted by Crippen LogP contribution is 2.21. The molecule has 11 nitrogen and oxygen atoms in total. The van der Waals surface area contributed by atoms with Crippen molar-refractivity contribution >= 4 is 21.8 Å². The highest BCUT2D eigenvalue weighted by atomic mass is 32.2. The summed E-state index contributed by atoms with van der Waals surface area (Å²) in [6.07, 6.45) is 3.19. The Bertz CT molecular complexity index is 1420. The van der Waals surface area contributed by atoms with Gasteiger partial charge in [0.2, 0.25) is 10.0 Å². The van der Waals surface area contributed by atoms with Crippen LogP contribution in [0.4, 0.5) is 0 Å². The Balaban J connectivity index is 1.59. The zero-order valence-corrected chi connectivity index (χ0v) is 24.6. The van der Waals surface area contributed by atoms with Crippen LogP contribution in [0.15, 0.2) is 52.0 Å². The molecule has 0 aliphatic rings. The molecule has 0 radical (unpaired) electrons. The second-order valence-corrected chi connectivity index (χ2v) is 11.8. The van der Waals surface area contributed by atoms with Crippen LogP contribution < -0.4 is 10.1 Å². The van der Waals surface area contributed by atoms with Crippen LogP contribution in [-0.4, -0.2) is 73.2 Å². The first-order valence-corrected chi connectivity index (χ1v) is 14.4. The summed E-state index contributed by atoms with van der Waals surface area (Å²) in [6, 6.07) is 7.76. The van der Waals surface area contributed by atoms with Crippen molar-refractivity contribution < 1.29 is 27.2 Å². The summed E-state index contributed by atoms with van der Waals surface area (Å²) in [4.78, 5) is 35.8. The number of carbonyl (C=O) groups is 2. The fourth-order valence-corrected chi connectivity index (χ4v) is 5.73. The van der Waals surface area contributed by atoms with Gasteiger partial charge >= 0.3 is 0 Å². The minimum atomic E-state index is -3.72. The van der Waals surface area contributed by atoms with E-state index >= 15 is 0 Å². The summed E-state index contributed by atoms with van der Waals surface area (Å²) >= 11 is 0. The molecule has 1 aromatic carbocycles. The Kier molecular flexibility index (Phi) is 10.4. The molecule has 3 rings (SSSR count). The molecule has 0 saturated carbocycles. The molecular weight excluding hydrogens is 534 g/mol. The van der Waals surface area contributed by atoms with E-state index in [9.17, 15) is 18.0 Å². The average Bonchev–Trinajstić information content (AvgIpc) is 3.25. The van der Waals surface area contributed by atoms with Gasteiger partial charge in [-0.1, -0.05) is 13.8 Å². The van der Waals surface area contributed by atoms with Crippen molar-refractivity contribution in [3.05, 3.63) is 71.2 Å². The van der Waals surface area contributed by atoms with Gasteiger partial charge in [-0.2, -0.15) is 4.31 Å². The van der Waals surface area contributed by atoms with Gasteiger partial charge in [-0.15, -0.1) is 0 Å². The van der Waals surface area contributed by atoms with Crippen LogP contribution >= 0.6 is 0 Å². The molecular formula is C28H37N5O6S. The van der Waals surface area contributed by atoms with E-state index in [2.05, 4.69) is 15.3 Å². The third-order valence-corrected chi connectivity index (χ3v) is 8.00. The van der Waals surface area contributed by atoms with Crippen LogP contribution in [0.3, 0.4) is 0 Å². The second kappa shape index (κ2) is 13.5. The molecule has 216 valence electrons. The van der Waals surface area contributed by atoms with Crippen molar-refractivity contribution in [1.29, 1.82) is 0 Å². The minimum Gasteiger partial charge on any atom is -0.497 e. The third kappa shape index (κ3) is 7.89. The molecule has 0 atom stereocenters. The van der Waals surface area contributed by atoms with Gasteiger partial charge in [-0.3, -0.25) is 14.6 Å². The number of nitrogens with zero attached hydrogens (tertiary/aromatic N) is 4. The Morgan fingerprint density at radius 2 is 1.77 bits per heavy atom. The van der Waals surface area contributed by atoms with E-state index in [0.29, 0.717) is 36.1 Å². The van der Waals surface area contributed by atoms with Gasteiger partial charge in [0.05, 0.1) is 29.7 Å². The number of benzene rings is 1. The lowest BCUT2D eigenvalue weighted by Crippen LogP contribution is -2.37. The molecule has 0 bridgehead atoms. The Morgan fingerprint density at radius 1 is 1.10 bits per heavy atom. The zero-order valence-electron chi connectivity index (χ0n) is 23.8. The molecule has 1 N–H and O–H groups in total. The van der Waals surface area contributed by atoms with Crippen molar-refractivity contribution in [2.24, 2.45) is 5.92 Å². The van der Waals surface area contributed by atoms with E-state index in [1.165, 1.54) is 46.9 Å². The van der Waals surface area contributed by atoms with Crippen molar-refractivity contribution in [2.75, 3.05) is 33.8 Å². The molecule has 12 heteroatoms. The van der Waals surface area contributed by atoms with E-state index in [-0.39, 0.29) is 47.5 Å². The molecule has 2 heterocycles. The maximum Gasteiger partial charge on any atom is 0.255 e. The number of carbonyl (C=O) groups excluding carboxylic acids is 2. The van der Waals surface area contributed by atoms with Crippen LogP contribution in [-0.2, 0) is 16.6 Å². The number of hydrogen-bond acceptors (Lipinski definition) is 8. The average molecular weight is 572 g/mol. The van der Waals surface area contributed by atoms with Gasteiger partial charge in [-0.25, -0.2) is 13.4 Å². The Hall–Kier alpha value is -3.77. The molecule has 3 aromatic rings. The Morgan fingerprint density at radius 3 is 2.38 bits per heavy atom. The van der Waals surface area contributed by atoms with E-state index < -0.39 is 15.9 Å². The SMILES string of the molecule is COc1ccc(S(=O)(=O)N(CCCNC(=O)c2cncc(C(=O)N(C)Cc3nc(C)oc3C)c2)CC(C)C)cc1. The number of amides is 2. The second-order valence-electron chi connectivity index (χ2n) is 9.90. The number of methoxy groups -OCH3 is 1. The highest BCUT2D eigenvalue weighted by molar-refractivity contribution is 7.89. The van der Waals surface area contributed by atoms with E-state index in [0.717, 1.165) is 0 Å². The third-order valence-electron chi connectivity index (χ3n) is 6.12. The minimum absolute atomic E-state index is 0.115. The standard InChI is InChI=1S/C28H37N5O6S/c1-19(2)17-33(40(36,37)25-10-8-24(38-6)9-11-25)13-7-12-30-27(34)22-14-23(16-29-15-22)28(35)32(5)18-26-20(3)39-21(4)31-26/h8-11,14-16,19H,7,12-13,17-18H2,1-6H3,(H,30,34). The maximum absolute atomic E-state index is 13.3. The Labute approximate surface area is 235 Å². The normalized spacial score (nSPS) is 11.6. The lowest BCUT2D eigenvalue weighted by Gasteiger charge is -2.24. The topological polar surface area (TPSA) is 135 Å².